The first-order valence-corrected chi connectivity index (χ1v) is 8.32. The van der Waals surface area contributed by atoms with Crippen LogP contribution in [0.5, 0.6) is 0 Å². The monoisotopic (exact) mass is 286 g/mol. The summed E-state index contributed by atoms with van der Waals surface area (Å²) < 4.78 is 24.3. The highest BCUT2D eigenvalue weighted by Gasteiger charge is 2.15. The fourth-order valence-corrected chi connectivity index (χ4v) is 2.93. The summed E-state index contributed by atoms with van der Waals surface area (Å²) in [7, 11) is -3.14. The molecule has 0 atom stereocenters. The largest absolute Gasteiger partial charge is 0.324 e. The number of carbonyl (C=O) groups excluding carboxylic acids is 1. The third-order valence-electron chi connectivity index (χ3n) is 2.45. The van der Waals surface area contributed by atoms with Gasteiger partial charge >= 0.3 is 0 Å². The lowest BCUT2D eigenvalue weighted by Gasteiger charge is -2.17. The Balaban J connectivity index is 2.02. The van der Waals surface area contributed by atoms with Gasteiger partial charge in [-0.15, -0.1) is 11.8 Å². The second-order valence-corrected chi connectivity index (χ2v) is 6.93. The summed E-state index contributed by atoms with van der Waals surface area (Å²) in [4.78, 5) is 12.3. The number of benzene rings is 1. The van der Waals surface area contributed by atoms with Crippen molar-refractivity contribution in [2.75, 3.05) is 23.9 Å². The van der Waals surface area contributed by atoms with Gasteiger partial charge in [-0.3, -0.25) is 4.79 Å². The molecule has 7 heteroatoms. The summed E-state index contributed by atoms with van der Waals surface area (Å²) in [6.45, 7) is 0.360. The third-order valence-corrected chi connectivity index (χ3v) is 4.26. The normalized spacial score (nSPS) is 15.1. The van der Waals surface area contributed by atoms with E-state index < -0.39 is 10.0 Å². The van der Waals surface area contributed by atoms with E-state index in [9.17, 15) is 13.2 Å². The molecule has 0 bridgehead atoms. The van der Waals surface area contributed by atoms with Crippen molar-refractivity contribution in [3.8, 4) is 0 Å². The van der Waals surface area contributed by atoms with Crippen molar-refractivity contribution in [3.05, 3.63) is 23.8 Å². The number of rotatable bonds is 4. The van der Waals surface area contributed by atoms with Crippen LogP contribution in [0.2, 0.25) is 0 Å². The zero-order chi connectivity index (χ0) is 13.2. The van der Waals surface area contributed by atoms with E-state index in [1.54, 1.807) is 0 Å². The zero-order valence-corrected chi connectivity index (χ0v) is 11.5. The molecule has 1 aromatic carbocycles. The van der Waals surface area contributed by atoms with Gasteiger partial charge in [0.15, 0.2) is 0 Å². The van der Waals surface area contributed by atoms with Crippen LogP contribution in [0.15, 0.2) is 23.1 Å². The Kier molecular flexibility index (Phi) is 3.94. The number of fused-ring (bicyclic) bond motifs is 1. The zero-order valence-electron chi connectivity index (χ0n) is 9.89. The van der Waals surface area contributed by atoms with Crippen LogP contribution >= 0.6 is 11.8 Å². The van der Waals surface area contributed by atoms with Gasteiger partial charge in [-0.1, -0.05) is 6.07 Å². The second kappa shape index (κ2) is 5.29. The van der Waals surface area contributed by atoms with E-state index in [0.717, 1.165) is 22.4 Å². The standard InChI is InChI=1S/C11H14N2O3S2/c1-18(15,16)12-5-4-8-2-3-10-9(6-8)13-11(14)7-17-10/h2-3,6,12H,4-5,7H2,1H3,(H,13,14). The predicted molar refractivity (Wildman–Crippen MR) is 72.3 cm³/mol. The topological polar surface area (TPSA) is 75.3 Å². The first kappa shape index (κ1) is 13.4. The maximum absolute atomic E-state index is 11.3. The number of nitrogens with one attached hydrogen (secondary N) is 2. The average Bonchev–Trinajstić information content (AvgIpc) is 2.26. The van der Waals surface area contributed by atoms with Crippen molar-refractivity contribution in [2.24, 2.45) is 0 Å². The number of sulfonamides is 1. The Morgan fingerprint density at radius 1 is 1.44 bits per heavy atom. The Hall–Kier alpha value is -1.05. The van der Waals surface area contributed by atoms with Crippen LogP contribution in [0.25, 0.3) is 0 Å². The number of amides is 1. The summed E-state index contributed by atoms with van der Waals surface area (Å²) in [5.74, 6) is 0.445. The SMILES string of the molecule is CS(=O)(=O)NCCc1ccc2c(c1)NC(=O)CS2. The third kappa shape index (κ3) is 3.72. The Labute approximate surface area is 110 Å². The fourth-order valence-electron chi connectivity index (χ4n) is 1.67. The van der Waals surface area contributed by atoms with Crippen molar-refractivity contribution in [3.63, 3.8) is 0 Å². The number of hydrogen-bond acceptors (Lipinski definition) is 4. The van der Waals surface area contributed by atoms with Gasteiger partial charge in [-0.25, -0.2) is 13.1 Å². The van der Waals surface area contributed by atoms with E-state index >= 15 is 0 Å². The molecule has 0 radical (unpaired) electrons. The van der Waals surface area contributed by atoms with E-state index in [0.29, 0.717) is 18.7 Å². The molecule has 2 N–H and O–H groups in total. The van der Waals surface area contributed by atoms with E-state index in [-0.39, 0.29) is 5.91 Å². The number of carbonyl (C=O) groups is 1. The van der Waals surface area contributed by atoms with E-state index in [4.69, 9.17) is 0 Å². The Morgan fingerprint density at radius 2 is 2.22 bits per heavy atom. The van der Waals surface area contributed by atoms with Crippen molar-refractivity contribution in [1.82, 2.24) is 4.72 Å². The number of anilines is 1. The minimum atomic E-state index is -3.14. The van der Waals surface area contributed by atoms with Gasteiger partial charge in [0.25, 0.3) is 0 Å². The highest BCUT2D eigenvalue weighted by atomic mass is 32.2. The van der Waals surface area contributed by atoms with Crippen LogP contribution in [0.4, 0.5) is 5.69 Å². The highest BCUT2D eigenvalue weighted by molar-refractivity contribution is 8.00. The molecule has 0 fully saturated rings. The van der Waals surface area contributed by atoms with Crippen LogP contribution in [-0.2, 0) is 21.2 Å². The van der Waals surface area contributed by atoms with E-state index in [1.807, 2.05) is 18.2 Å². The van der Waals surface area contributed by atoms with Gasteiger partial charge < -0.3 is 5.32 Å². The molecule has 0 saturated heterocycles. The molecule has 18 heavy (non-hydrogen) atoms. The summed E-state index contributed by atoms with van der Waals surface area (Å²) in [6, 6.07) is 5.80. The highest BCUT2D eigenvalue weighted by Crippen LogP contribution is 2.31. The molecule has 1 aromatic rings. The lowest BCUT2D eigenvalue weighted by Crippen LogP contribution is -2.24. The molecule has 0 saturated carbocycles. The summed E-state index contributed by atoms with van der Waals surface area (Å²) in [5, 5.41) is 2.81. The molecule has 1 aliphatic rings. The molecule has 2 rings (SSSR count). The smallest absolute Gasteiger partial charge is 0.234 e. The number of thioether (sulfide) groups is 1. The van der Waals surface area contributed by atoms with Crippen molar-refractivity contribution in [1.29, 1.82) is 0 Å². The number of hydrogen-bond donors (Lipinski definition) is 2. The van der Waals surface area contributed by atoms with Crippen molar-refractivity contribution >= 4 is 33.4 Å². The predicted octanol–water partition coefficient (Wildman–Crippen LogP) is 0.822. The first-order valence-electron chi connectivity index (χ1n) is 5.44. The lowest BCUT2D eigenvalue weighted by atomic mass is 10.1. The Morgan fingerprint density at radius 3 is 2.94 bits per heavy atom. The van der Waals surface area contributed by atoms with Gasteiger partial charge in [0.2, 0.25) is 15.9 Å². The van der Waals surface area contributed by atoms with Gasteiger partial charge in [0.05, 0.1) is 17.7 Å². The van der Waals surface area contributed by atoms with Crippen molar-refractivity contribution < 1.29 is 13.2 Å². The molecule has 0 aromatic heterocycles. The molecule has 1 heterocycles. The van der Waals surface area contributed by atoms with Gasteiger partial charge in [0, 0.05) is 11.4 Å². The van der Waals surface area contributed by atoms with Crippen LogP contribution < -0.4 is 10.0 Å². The average molecular weight is 286 g/mol. The molecule has 0 spiro atoms. The summed E-state index contributed by atoms with van der Waals surface area (Å²) >= 11 is 1.51. The molecule has 5 nitrogen and oxygen atoms in total. The lowest BCUT2D eigenvalue weighted by molar-refractivity contribution is -0.113. The summed E-state index contributed by atoms with van der Waals surface area (Å²) in [5.41, 5.74) is 1.81. The maximum atomic E-state index is 11.3. The first-order chi connectivity index (χ1) is 8.44. The summed E-state index contributed by atoms with van der Waals surface area (Å²) in [6.07, 6.45) is 1.73. The van der Waals surface area contributed by atoms with E-state index in [1.165, 1.54) is 11.8 Å². The fraction of sp³-hybridized carbons (Fsp3) is 0.364. The molecule has 98 valence electrons. The quantitative estimate of drug-likeness (QED) is 0.859. The van der Waals surface area contributed by atoms with E-state index in [2.05, 4.69) is 10.0 Å². The van der Waals surface area contributed by atoms with Crippen molar-refractivity contribution in [2.45, 2.75) is 11.3 Å². The van der Waals surface area contributed by atoms with Gasteiger partial charge in [0.1, 0.15) is 0 Å². The molecular weight excluding hydrogens is 272 g/mol. The van der Waals surface area contributed by atoms with Crippen LogP contribution in [0.3, 0.4) is 0 Å². The molecule has 0 aliphatic carbocycles. The van der Waals surface area contributed by atoms with Crippen LogP contribution in [-0.4, -0.2) is 32.9 Å². The molecular formula is C11H14N2O3S2. The molecule has 0 unspecified atom stereocenters. The van der Waals surface area contributed by atoms with Crippen LogP contribution in [0, 0.1) is 0 Å². The Bertz CT molecular complexity index is 570. The minimum Gasteiger partial charge on any atom is -0.324 e. The van der Waals surface area contributed by atoms with Gasteiger partial charge in [-0.05, 0) is 24.1 Å². The molecule has 1 amide bonds. The minimum absolute atomic E-state index is 0.00101. The maximum Gasteiger partial charge on any atom is 0.234 e. The van der Waals surface area contributed by atoms with Crippen LogP contribution in [0.1, 0.15) is 5.56 Å². The van der Waals surface area contributed by atoms with Gasteiger partial charge in [-0.2, -0.15) is 0 Å². The second-order valence-electron chi connectivity index (χ2n) is 4.08. The molecule has 1 aliphatic heterocycles.